The van der Waals surface area contributed by atoms with Crippen molar-refractivity contribution in [3.8, 4) is 17.0 Å². The number of nitrogens with one attached hydrogen (secondary N) is 1. The molecule has 5 aromatic rings. The molecule has 0 saturated heterocycles. The zero-order valence-corrected chi connectivity index (χ0v) is 16.1. The Morgan fingerprint density at radius 1 is 1.00 bits per heavy atom. The Hall–Kier alpha value is -3.52. The SMILES string of the molecule is COc1cccc(-c2csc3nc(Nc4nc5ccccc5nc4C)nn23)c1. The van der Waals surface area contributed by atoms with Crippen molar-refractivity contribution in [3.05, 3.63) is 59.6 Å². The molecule has 7 nitrogen and oxygen atoms in total. The Kier molecular flexibility index (Phi) is 3.91. The molecule has 0 bridgehead atoms. The lowest BCUT2D eigenvalue weighted by molar-refractivity contribution is 0.415. The van der Waals surface area contributed by atoms with Crippen LogP contribution in [0.3, 0.4) is 0 Å². The molecule has 5 rings (SSSR count). The Morgan fingerprint density at radius 3 is 2.64 bits per heavy atom. The average Bonchev–Trinajstić information content (AvgIpc) is 3.29. The minimum absolute atomic E-state index is 0.490. The summed E-state index contributed by atoms with van der Waals surface area (Å²) in [7, 11) is 1.66. The van der Waals surface area contributed by atoms with Gasteiger partial charge in [0.15, 0.2) is 5.82 Å². The topological polar surface area (TPSA) is 77.2 Å². The van der Waals surface area contributed by atoms with Crippen molar-refractivity contribution in [1.29, 1.82) is 0 Å². The third-order valence-corrected chi connectivity index (χ3v) is 5.24. The lowest BCUT2D eigenvalue weighted by atomic mass is 10.2. The first-order valence-electron chi connectivity index (χ1n) is 8.70. The van der Waals surface area contributed by atoms with E-state index in [4.69, 9.17) is 4.74 Å². The third kappa shape index (κ3) is 2.84. The summed E-state index contributed by atoms with van der Waals surface area (Å²) in [5.41, 5.74) is 4.47. The molecule has 0 aliphatic carbocycles. The van der Waals surface area contributed by atoms with Crippen LogP contribution in [-0.2, 0) is 0 Å². The Bertz CT molecular complexity index is 1310. The summed E-state index contributed by atoms with van der Waals surface area (Å²) in [6.45, 7) is 1.92. The van der Waals surface area contributed by atoms with Crippen LogP contribution in [0.2, 0.25) is 0 Å². The summed E-state index contributed by atoms with van der Waals surface area (Å²) in [4.78, 5) is 14.6. The van der Waals surface area contributed by atoms with E-state index in [1.807, 2.05) is 65.4 Å². The standard InChI is InChI=1S/C20H16N6OS/c1-12-18(22-16-9-4-3-8-15(16)21-12)23-19-24-20-26(25-19)17(11-28-20)13-6-5-7-14(10-13)27-2/h3-11H,1-2H3,(H,22,23,25). The zero-order valence-electron chi connectivity index (χ0n) is 15.2. The first kappa shape index (κ1) is 16.6. The van der Waals surface area contributed by atoms with Crippen molar-refractivity contribution in [2.75, 3.05) is 12.4 Å². The number of methoxy groups -OCH3 is 1. The maximum absolute atomic E-state index is 5.33. The van der Waals surface area contributed by atoms with E-state index < -0.39 is 0 Å². The van der Waals surface area contributed by atoms with Crippen molar-refractivity contribution >= 4 is 39.1 Å². The molecule has 8 heteroatoms. The van der Waals surface area contributed by atoms with Crippen LogP contribution in [0.5, 0.6) is 5.75 Å². The highest BCUT2D eigenvalue weighted by Gasteiger charge is 2.14. The molecule has 3 aromatic heterocycles. The molecule has 0 unspecified atom stereocenters. The molecule has 2 aromatic carbocycles. The van der Waals surface area contributed by atoms with E-state index in [1.165, 1.54) is 11.3 Å². The molecule has 0 atom stereocenters. The fourth-order valence-corrected chi connectivity index (χ4v) is 3.86. The summed E-state index contributed by atoms with van der Waals surface area (Å²) in [5, 5.41) is 9.86. The number of rotatable bonds is 4. The van der Waals surface area contributed by atoms with Gasteiger partial charge in [0.2, 0.25) is 10.9 Å². The number of benzene rings is 2. The van der Waals surface area contributed by atoms with E-state index in [9.17, 15) is 0 Å². The molecule has 0 radical (unpaired) electrons. The van der Waals surface area contributed by atoms with Gasteiger partial charge in [0.25, 0.3) is 0 Å². The molecule has 0 saturated carbocycles. The van der Waals surface area contributed by atoms with Gasteiger partial charge < -0.3 is 10.1 Å². The second-order valence-corrected chi connectivity index (χ2v) is 7.09. The quantitative estimate of drug-likeness (QED) is 0.490. The first-order valence-corrected chi connectivity index (χ1v) is 9.58. The zero-order chi connectivity index (χ0) is 19.1. The largest absolute Gasteiger partial charge is 0.497 e. The van der Waals surface area contributed by atoms with Gasteiger partial charge in [-0.25, -0.2) is 14.5 Å². The van der Waals surface area contributed by atoms with Gasteiger partial charge in [0, 0.05) is 10.9 Å². The normalized spacial score (nSPS) is 11.2. The number of hydrogen-bond donors (Lipinski definition) is 1. The van der Waals surface area contributed by atoms with Crippen LogP contribution in [0.4, 0.5) is 11.8 Å². The minimum atomic E-state index is 0.490. The second-order valence-electron chi connectivity index (χ2n) is 6.25. The number of fused-ring (bicyclic) bond motifs is 2. The summed E-state index contributed by atoms with van der Waals surface area (Å²) in [6.07, 6.45) is 0. The van der Waals surface area contributed by atoms with E-state index in [-0.39, 0.29) is 0 Å². The number of aryl methyl sites for hydroxylation is 1. The van der Waals surface area contributed by atoms with Gasteiger partial charge in [0.05, 0.1) is 29.5 Å². The van der Waals surface area contributed by atoms with Crippen LogP contribution < -0.4 is 10.1 Å². The third-order valence-electron chi connectivity index (χ3n) is 4.42. The van der Waals surface area contributed by atoms with Gasteiger partial charge in [0.1, 0.15) is 5.75 Å². The lowest BCUT2D eigenvalue weighted by Crippen LogP contribution is -2.01. The summed E-state index contributed by atoms with van der Waals surface area (Å²) < 4.78 is 7.15. The molecule has 1 N–H and O–H groups in total. The highest BCUT2D eigenvalue weighted by atomic mass is 32.1. The number of nitrogens with zero attached hydrogens (tertiary/aromatic N) is 5. The van der Waals surface area contributed by atoms with Crippen LogP contribution in [0.1, 0.15) is 5.69 Å². The summed E-state index contributed by atoms with van der Waals surface area (Å²) in [6, 6.07) is 15.7. The number of thiazole rings is 1. The van der Waals surface area contributed by atoms with Crippen LogP contribution in [0.15, 0.2) is 53.9 Å². The molecule has 0 aliphatic heterocycles. The molecule has 138 valence electrons. The summed E-state index contributed by atoms with van der Waals surface area (Å²) in [5.74, 6) is 1.95. The molecule has 0 aliphatic rings. The predicted octanol–water partition coefficient (Wildman–Crippen LogP) is 4.46. The number of aromatic nitrogens is 5. The van der Waals surface area contributed by atoms with Crippen molar-refractivity contribution in [2.45, 2.75) is 6.92 Å². The Morgan fingerprint density at radius 2 is 1.82 bits per heavy atom. The fourth-order valence-electron chi connectivity index (χ4n) is 3.03. The van der Waals surface area contributed by atoms with Crippen LogP contribution in [0.25, 0.3) is 27.3 Å². The van der Waals surface area contributed by atoms with Gasteiger partial charge in [-0.2, -0.15) is 4.98 Å². The van der Waals surface area contributed by atoms with Crippen LogP contribution in [-0.4, -0.2) is 31.7 Å². The van der Waals surface area contributed by atoms with Crippen molar-refractivity contribution in [2.24, 2.45) is 0 Å². The number of hydrogen-bond acceptors (Lipinski definition) is 7. The van der Waals surface area contributed by atoms with Gasteiger partial charge in [-0.05, 0) is 31.2 Å². The van der Waals surface area contributed by atoms with Gasteiger partial charge in [-0.3, -0.25) is 0 Å². The van der Waals surface area contributed by atoms with E-state index >= 15 is 0 Å². The van der Waals surface area contributed by atoms with E-state index in [0.717, 1.165) is 38.7 Å². The van der Waals surface area contributed by atoms with E-state index in [1.54, 1.807) is 7.11 Å². The average molecular weight is 388 g/mol. The monoisotopic (exact) mass is 388 g/mol. The second kappa shape index (κ2) is 6.58. The molecule has 0 spiro atoms. The van der Waals surface area contributed by atoms with Crippen molar-refractivity contribution in [1.82, 2.24) is 24.6 Å². The smallest absolute Gasteiger partial charge is 0.249 e. The predicted molar refractivity (Wildman–Crippen MR) is 110 cm³/mol. The van der Waals surface area contributed by atoms with Crippen LogP contribution in [0, 0.1) is 6.92 Å². The molecule has 0 amide bonds. The van der Waals surface area contributed by atoms with Crippen molar-refractivity contribution in [3.63, 3.8) is 0 Å². The Balaban J connectivity index is 1.53. The molecule has 0 fully saturated rings. The fraction of sp³-hybridized carbons (Fsp3) is 0.100. The molecular weight excluding hydrogens is 372 g/mol. The Labute approximate surface area is 164 Å². The highest BCUT2D eigenvalue weighted by Crippen LogP contribution is 2.29. The maximum atomic E-state index is 5.33. The molecule has 3 heterocycles. The molecule has 28 heavy (non-hydrogen) atoms. The lowest BCUT2D eigenvalue weighted by Gasteiger charge is -2.06. The van der Waals surface area contributed by atoms with E-state index in [2.05, 4.69) is 25.4 Å². The van der Waals surface area contributed by atoms with Crippen LogP contribution >= 0.6 is 11.3 Å². The van der Waals surface area contributed by atoms with Crippen molar-refractivity contribution < 1.29 is 4.74 Å². The van der Waals surface area contributed by atoms with E-state index in [0.29, 0.717) is 11.8 Å². The molecular formula is C20H16N6OS. The number of ether oxygens (including phenoxy) is 1. The maximum Gasteiger partial charge on any atom is 0.249 e. The number of anilines is 2. The van der Waals surface area contributed by atoms with Gasteiger partial charge in [-0.1, -0.05) is 24.3 Å². The number of para-hydroxylation sites is 2. The van der Waals surface area contributed by atoms with Gasteiger partial charge >= 0.3 is 0 Å². The highest BCUT2D eigenvalue weighted by molar-refractivity contribution is 7.15. The first-order chi connectivity index (χ1) is 13.7. The minimum Gasteiger partial charge on any atom is -0.497 e. The van der Waals surface area contributed by atoms with Gasteiger partial charge in [-0.15, -0.1) is 16.4 Å². The summed E-state index contributed by atoms with van der Waals surface area (Å²) >= 11 is 1.53.